The zero-order valence-electron chi connectivity index (χ0n) is 9.38. The molecule has 0 bridgehead atoms. The number of thiophene rings is 1. The van der Waals surface area contributed by atoms with Crippen LogP contribution < -0.4 is 5.32 Å². The van der Waals surface area contributed by atoms with Crippen molar-refractivity contribution in [1.82, 2.24) is 5.32 Å². The SMILES string of the molecule is CNC(c1cc2c(s1)CCC2)C1CCC1. The predicted molar refractivity (Wildman–Crippen MR) is 65.5 cm³/mol. The second-order valence-electron chi connectivity index (χ2n) is 4.91. The molecule has 1 aromatic heterocycles. The Morgan fingerprint density at radius 1 is 1.33 bits per heavy atom. The molecule has 82 valence electrons. The van der Waals surface area contributed by atoms with Crippen molar-refractivity contribution in [2.45, 2.75) is 44.6 Å². The Balaban J connectivity index is 1.83. The van der Waals surface area contributed by atoms with Gasteiger partial charge in [0.2, 0.25) is 0 Å². The molecule has 0 amide bonds. The van der Waals surface area contributed by atoms with Gasteiger partial charge in [0.15, 0.2) is 0 Å². The minimum atomic E-state index is 0.648. The summed E-state index contributed by atoms with van der Waals surface area (Å²) in [4.78, 5) is 3.27. The van der Waals surface area contributed by atoms with E-state index in [-0.39, 0.29) is 0 Å². The van der Waals surface area contributed by atoms with E-state index in [0.29, 0.717) is 6.04 Å². The molecule has 1 atom stereocenters. The summed E-state index contributed by atoms with van der Waals surface area (Å²) in [7, 11) is 2.12. The van der Waals surface area contributed by atoms with Gasteiger partial charge in [0.05, 0.1) is 0 Å². The maximum atomic E-state index is 3.52. The van der Waals surface area contributed by atoms with Crippen LogP contribution in [0.4, 0.5) is 0 Å². The minimum absolute atomic E-state index is 0.648. The lowest BCUT2D eigenvalue weighted by Crippen LogP contribution is -2.29. The summed E-state index contributed by atoms with van der Waals surface area (Å²) >= 11 is 2.07. The molecule has 1 N–H and O–H groups in total. The molecule has 2 aliphatic carbocycles. The molecule has 0 radical (unpaired) electrons. The monoisotopic (exact) mass is 221 g/mol. The van der Waals surface area contributed by atoms with Gasteiger partial charge in [0.1, 0.15) is 0 Å². The number of nitrogens with one attached hydrogen (secondary N) is 1. The van der Waals surface area contributed by atoms with E-state index in [4.69, 9.17) is 0 Å². The summed E-state index contributed by atoms with van der Waals surface area (Å²) in [6.07, 6.45) is 8.33. The Morgan fingerprint density at radius 2 is 2.20 bits per heavy atom. The van der Waals surface area contributed by atoms with Crippen molar-refractivity contribution < 1.29 is 0 Å². The van der Waals surface area contributed by atoms with Crippen LogP contribution in [0.15, 0.2) is 6.07 Å². The summed E-state index contributed by atoms with van der Waals surface area (Å²) in [6.45, 7) is 0. The largest absolute Gasteiger partial charge is 0.312 e. The molecule has 0 spiro atoms. The molecule has 1 saturated carbocycles. The van der Waals surface area contributed by atoms with E-state index in [9.17, 15) is 0 Å². The van der Waals surface area contributed by atoms with E-state index >= 15 is 0 Å². The van der Waals surface area contributed by atoms with E-state index in [1.165, 1.54) is 38.5 Å². The van der Waals surface area contributed by atoms with Gasteiger partial charge in [-0.05, 0) is 56.7 Å². The summed E-state index contributed by atoms with van der Waals surface area (Å²) in [5.74, 6) is 0.911. The first-order valence-corrected chi connectivity index (χ1v) is 6.99. The van der Waals surface area contributed by atoms with Crippen molar-refractivity contribution in [2.75, 3.05) is 7.05 Å². The quantitative estimate of drug-likeness (QED) is 0.826. The van der Waals surface area contributed by atoms with Gasteiger partial charge < -0.3 is 5.32 Å². The Kier molecular flexibility index (Phi) is 2.57. The highest BCUT2D eigenvalue weighted by molar-refractivity contribution is 7.12. The van der Waals surface area contributed by atoms with Gasteiger partial charge in [0, 0.05) is 15.8 Å². The number of hydrogen-bond acceptors (Lipinski definition) is 2. The van der Waals surface area contributed by atoms with Gasteiger partial charge in [-0.2, -0.15) is 0 Å². The molecule has 0 saturated heterocycles. The average molecular weight is 221 g/mol. The lowest BCUT2D eigenvalue weighted by atomic mass is 9.79. The fourth-order valence-electron chi connectivity index (χ4n) is 2.89. The Bertz CT molecular complexity index is 330. The maximum absolute atomic E-state index is 3.52. The molecule has 0 aliphatic heterocycles. The van der Waals surface area contributed by atoms with Gasteiger partial charge in [-0.3, -0.25) is 0 Å². The molecule has 2 heteroatoms. The third-order valence-electron chi connectivity index (χ3n) is 4.00. The van der Waals surface area contributed by atoms with Crippen molar-refractivity contribution in [3.63, 3.8) is 0 Å². The number of rotatable bonds is 3. The zero-order valence-corrected chi connectivity index (χ0v) is 10.2. The van der Waals surface area contributed by atoms with E-state index < -0.39 is 0 Å². The average Bonchev–Trinajstić information content (AvgIpc) is 2.69. The van der Waals surface area contributed by atoms with Gasteiger partial charge in [-0.25, -0.2) is 0 Å². The second-order valence-corrected chi connectivity index (χ2v) is 6.08. The van der Waals surface area contributed by atoms with Crippen molar-refractivity contribution in [1.29, 1.82) is 0 Å². The first kappa shape index (κ1) is 9.86. The molecule has 3 rings (SSSR count). The van der Waals surface area contributed by atoms with Crippen LogP contribution in [-0.2, 0) is 12.8 Å². The number of fused-ring (bicyclic) bond motifs is 1. The van der Waals surface area contributed by atoms with Crippen LogP contribution in [0.2, 0.25) is 0 Å². The summed E-state index contributed by atoms with van der Waals surface area (Å²) in [6, 6.07) is 3.13. The van der Waals surface area contributed by atoms with Crippen molar-refractivity contribution in [3.8, 4) is 0 Å². The predicted octanol–water partition coefficient (Wildman–Crippen LogP) is 3.30. The maximum Gasteiger partial charge on any atom is 0.0441 e. The molecule has 2 aliphatic rings. The first-order valence-electron chi connectivity index (χ1n) is 6.17. The Labute approximate surface area is 95.9 Å². The third-order valence-corrected chi connectivity index (χ3v) is 5.32. The number of aryl methyl sites for hydroxylation is 2. The molecule has 1 unspecified atom stereocenters. The molecule has 1 heterocycles. The van der Waals surface area contributed by atoms with Crippen LogP contribution in [0.25, 0.3) is 0 Å². The summed E-state index contributed by atoms with van der Waals surface area (Å²) < 4.78 is 0. The lowest BCUT2D eigenvalue weighted by Gasteiger charge is -2.33. The van der Waals surface area contributed by atoms with Crippen molar-refractivity contribution in [3.05, 3.63) is 21.4 Å². The third kappa shape index (κ3) is 1.64. The second kappa shape index (κ2) is 3.91. The minimum Gasteiger partial charge on any atom is -0.312 e. The number of hydrogen-bond donors (Lipinski definition) is 1. The molecule has 0 aromatic carbocycles. The molecule has 1 aromatic rings. The fraction of sp³-hybridized carbons (Fsp3) is 0.692. The van der Waals surface area contributed by atoms with E-state index in [0.717, 1.165) is 5.92 Å². The lowest BCUT2D eigenvalue weighted by molar-refractivity contribution is 0.242. The van der Waals surface area contributed by atoms with Crippen LogP contribution in [0, 0.1) is 5.92 Å². The van der Waals surface area contributed by atoms with E-state index in [2.05, 4.69) is 29.8 Å². The molecule has 1 nitrogen and oxygen atoms in total. The van der Waals surface area contributed by atoms with Gasteiger partial charge >= 0.3 is 0 Å². The smallest absolute Gasteiger partial charge is 0.0441 e. The van der Waals surface area contributed by atoms with Crippen LogP contribution in [0.5, 0.6) is 0 Å². The van der Waals surface area contributed by atoms with Gasteiger partial charge in [-0.15, -0.1) is 11.3 Å². The highest BCUT2D eigenvalue weighted by Gasteiger charge is 2.29. The van der Waals surface area contributed by atoms with Crippen molar-refractivity contribution >= 4 is 11.3 Å². The fourth-order valence-corrected chi connectivity index (χ4v) is 4.35. The zero-order chi connectivity index (χ0) is 10.3. The van der Waals surface area contributed by atoms with Crippen LogP contribution in [-0.4, -0.2) is 7.05 Å². The van der Waals surface area contributed by atoms with Crippen molar-refractivity contribution in [2.24, 2.45) is 5.92 Å². The van der Waals surface area contributed by atoms with Gasteiger partial charge in [0.25, 0.3) is 0 Å². The van der Waals surface area contributed by atoms with Crippen LogP contribution >= 0.6 is 11.3 Å². The Hall–Kier alpha value is -0.340. The Morgan fingerprint density at radius 3 is 2.80 bits per heavy atom. The van der Waals surface area contributed by atoms with E-state index in [1.807, 2.05) is 0 Å². The molecular formula is C13H19NS. The van der Waals surface area contributed by atoms with Crippen LogP contribution in [0.3, 0.4) is 0 Å². The first-order chi connectivity index (χ1) is 7.38. The normalized spacial score (nSPS) is 22.5. The molecule has 1 fully saturated rings. The molecular weight excluding hydrogens is 202 g/mol. The topological polar surface area (TPSA) is 12.0 Å². The highest BCUT2D eigenvalue weighted by Crippen LogP contribution is 2.42. The summed E-state index contributed by atoms with van der Waals surface area (Å²) in [5.41, 5.74) is 1.65. The summed E-state index contributed by atoms with van der Waals surface area (Å²) in [5, 5.41) is 3.52. The van der Waals surface area contributed by atoms with E-state index in [1.54, 1.807) is 15.3 Å². The van der Waals surface area contributed by atoms with Crippen LogP contribution in [0.1, 0.15) is 47.0 Å². The highest BCUT2D eigenvalue weighted by atomic mass is 32.1. The molecule has 15 heavy (non-hydrogen) atoms. The standard InChI is InChI=1S/C13H19NS/c1-14-13(9-4-2-5-9)12-8-10-6-3-7-11(10)15-12/h8-9,13-14H,2-7H2,1H3. The van der Waals surface area contributed by atoms with Gasteiger partial charge in [-0.1, -0.05) is 6.42 Å².